The van der Waals surface area contributed by atoms with Crippen LogP contribution in [0.4, 0.5) is 0 Å². The second kappa shape index (κ2) is 6.13. The van der Waals surface area contributed by atoms with Crippen molar-refractivity contribution in [1.82, 2.24) is 19.7 Å². The molecule has 0 aliphatic carbocycles. The van der Waals surface area contributed by atoms with Crippen LogP contribution in [0.5, 0.6) is 0 Å². The Labute approximate surface area is 140 Å². The van der Waals surface area contributed by atoms with Gasteiger partial charge in [-0.25, -0.2) is 0 Å². The molecular weight excluding hydrogens is 304 g/mol. The maximum atomic E-state index is 11.9. The molecule has 0 fully saturated rings. The van der Waals surface area contributed by atoms with Gasteiger partial charge in [0.2, 0.25) is 0 Å². The Balaban J connectivity index is 2.19. The summed E-state index contributed by atoms with van der Waals surface area (Å²) >= 11 is 0. The highest BCUT2D eigenvalue weighted by molar-refractivity contribution is 6.06. The SMILES string of the molecule is CCn1nc(C(C)=O)c2cc(-c3cnc(C(C)O)cn3)cc(C)c21. The van der Waals surface area contributed by atoms with Gasteiger partial charge in [0.25, 0.3) is 0 Å². The zero-order valence-electron chi connectivity index (χ0n) is 14.2. The first kappa shape index (κ1) is 16.3. The van der Waals surface area contributed by atoms with Crippen LogP contribution in [-0.4, -0.2) is 30.6 Å². The quantitative estimate of drug-likeness (QED) is 0.746. The number of aliphatic hydroxyl groups excluding tert-OH is 1. The van der Waals surface area contributed by atoms with Crippen LogP contribution in [0, 0.1) is 6.92 Å². The molecule has 6 heteroatoms. The molecule has 3 rings (SSSR count). The molecule has 0 bridgehead atoms. The lowest BCUT2D eigenvalue weighted by Crippen LogP contribution is -2.00. The van der Waals surface area contributed by atoms with Crippen molar-refractivity contribution in [2.45, 2.75) is 40.3 Å². The number of Topliss-reactive ketones (excluding diaryl/α,β-unsaturated/α-hetero) is 1. The van der Waals surface area contributed by atoms with Gasteiger partial charge in [-0.05, 0) is 38.5 Å². The van der Waals surface area contributed by atoms with Gasteiger partial charge in [0.1, 0.15) is 5.69 Å². The van der Waals surface area contributed by atoms with Crippen molar-refractivity contribution in [1.29, 1.82) is 0 Å². The van der Waals surface area contributed by atoms with Crippen LogP contribution in [-0.2, 0) is 6.54 Å². The number of aliphatic hydroxyl groups is 1. The monoisotopic (exact) mass is 324 g/mol. The molecular formula is C18H20N4O2. The molecule has 6 nitrogen and oxygen atoms in total. The van der Waals surface area contributed by atoms with Gasteiger partial charge >= 0.3 is 0 Å². The molecule has 1 unspecified atom stereocenters. The molecule has 0 amide bonds. The summed E-state index contributed by atoms with van der Waals surface area (Å²) in [7, 11) is 0. The Morgan fingerprint density at radius 3 is 2.58 bits per heavy atom. The van der Waals surface area contributed by atoms with Crippen LogP contribution in [0.15, 0.2) is 24.5 Å². The minimum atomic E-state index is -0.650. The fourth-order valence-electron chi connectivity index (χ4n) is 2.87. The Morgan fingerprint density at radius 1 is 1.29 bits per heavy atom. The van der Waals surface area contributed by atoms with Crippen LogP contribution < -0.4 is 0 Å². The van der Waals surface area contributed by atoms with E-state index in [0.717, 1.165) is 22.0 Å². The molecule has 1 N–H and O–H groups in total. The lowest BCUT2D eigenvalue weighted by atomic mass is 10.0. The number of hydrogen-bond donors (Lipinski definition) is 1. The standard InChI is InChI=1S/C18H20N4O2/c1-5-22-18-10(2)6-13(7-14(18)17(21-22)12(4)24)16-9-19-15(8-20-16)11(3)23/h6-9,11,23H,5H2,1-4H3. The maximum absolute atomic E-state index is 11.9. The van der Waals surface area contributed by atoms with E-state index < -0.39 is 6.10 Å². The Hall–Kier alpha value is -2.60. The highest BCUT2D eigenvalue weighted by Crippen LogP contribution is 2.29. The van der Waals surface area contributed by atoms with Crippen LogP contribution in [0.1, 0.15) is 48.6 Å². The van der Waals surface area contributed by atoms with E-state index in [9.17, 15) is 9.90 Å². The molecule has 1 atom stereocenters. The van der Waals surface area contributed by atoms with Gasteiger partial charge in [-0.2, -0.15) is 5.10 Å². The topological polar surface area (TPSA) is 80.9 Å². The zero-order chi connectivity index (χ0) is 17.4. The van der Waals surface area contributed by atoms with Gasteiger partial charge in [0.15, 0.2) is 5.78 Å². The first-order valence-corrected chi connectivity index (χ1v) is 7.94. The molecule has 2 aromatic heterocycles. The highest BCUT2D eigenvalue weighted by atomic mass is 16.3. The number of fused-ring (bicyclic) bond motifs is 1. The number of benzene rings is 1. The molecule has 2 heterocycles. The fourth-order valence-corrected chi connectivity index (χ4v) is 2.87. The van der Waals surface area contributed by atoms with Crippen molar-refractivity contribution >= 4 is 16.7 Å². The van der Waals surface area contributed by atoms with Crippen LogP contribution >= 0.6 is 0 Å². The van der Waals surface area contributed by atoms with Gasteiger partial charge in [0, 0.05) is 24.4 Å². The summed E-state index contributed by atoms with van der Waals surface area (Å²) in [5.74, 6) is -0.0562. The van der Waals surface area contributed by atoms with Crippen LogP contribution in [0.2, 0.25) is 0 Å². The van der Waals surface area contributed by atoms with E-state index in [1.54, 1.807) is 19.3 Å². The van der Waals surface area contributed by atoms with E-state index in [-0.39, 0.29) is 5.78 Å². The van der Waals surface area contributed by atoms with Crippen molar-refractivity contribution in [3.8, 4) is 11.3 Å². The number of aromatic nitrogens is 4. The number of ketones is 1. The number of nitrogens with zero attached hydrogens (tertiary/aromatic N) is 4. The Morgan fingerprint density at radius 2 is 2.04 bits per heavy atom. The highest BCUT2D eigenvalue weighted by Gasteiger charge is 2.17. The van der Waals surface area contributed by atoms with Crippen molar-refractivity contribution in [2.24, 2.45) is 0 Å². The number of hydrogen-bond acceptors (Lipinski definition) is 5. The van der Waals surface area contributed by atoms with Crippen molar-refractivity contribution in [2.75, 3.05) is 0 Å². The Kier molecular flexibility index (Phi) is 4.15. The third-order valence-electron chi connectivity index (χ3n) is 4.06. The van der Waals surface area contributed by atoms with Gasteiger partial charge in [-0.3, -0.25) is 19.4 Å². The number of carbonyl (C=O) groups is 1. The summed E-state index contributed by atoms with van der Waals surface area (Å²) < 4.78 is 1.85. The average Bonchev–Trinajstić information content (AvgIpc) is 2.94. The zero-order valence-corrected chi connectivity index (χ0v) is 14.2. The molecule has 124 valence electrons. The third-order valence-corrected chi connectivity index (χ3v) is 4.06. The number of carbonyl (C=O) groups excluding carboxylic acids is 1. The van der Waals surface area contributed by atoms with Crippen LogP contribution in [0.25, 0.3) is 22.2 Å². The predicted molar refractivity (Wildman–Crippen MR) is 91.8 cm³/mol. The number of rotatable bonds is 4. The summed E-state index contributed by atoms with van der Waals surface area (Å²) in [6.07, 6.45) is 2.56. The molecule has 0 saturated heterocycles. The average molecular weight is 324 g/mol. The Bertz CT molecular complexity index is 911. The van der Waals surface area contributed by atoms with Crippen molar-refractivity contribution in [3.05, 3.63) is 41.5 Å². The lowest BCUT2D eigenvalue weighted by molar-refractivity contribution is 0.101. The van der Waals surface area contributed by atoms with E-state index >= 15 is 0 Å². The molecule has 0 aliphatic heterocycles. The van der Waals surface area contributed by atoms with Gasteiger partial charge in [0.05, 0.1) is 35.4 Å². The molecule has 1 aromatic carbocycles. The van der Waals surface area contributed by atoms with E-state index in [2.05, 4.69) is 15.1 Å². The molecule has 0 aliphatic rings. The summed E-state index contributed by atoms with van der Waals surface area (Å²) in [4.78, 5) is 20.6. The molecule has 3 aromatic rings. The summed E-state index contributed by atoms with van der Waals surface area (Å²) in [5.41, 5.74) is 4.59. The molecule has 0 radical (unpaired) electrons. The van der Waals surface area contributed by atoms with Gasteiger partial charge in [-0.15, -0.1) is 0 Å². The van der Waals surface area contributed by atoms with Crippen molar-refractivity contribution < 1.29 is 9.90 Å². The lowest BCUT2D eigenvalue weighted by Gasteiger charge is -2.08. The second-order valence-corrected chi connectivity index (χ2v) is 5.91. The van der Waals surface area contributed by atoms with E-state index in [0.29, 0.717) is 23.6 Å². The minimum absolute atomic E-state index is 0.0562. The van der Waals surface area contributed by atoms with Crippen molar-refractivity contribution in [3.63, 3.8) is 0 Å². The van der Waals surface area contributed by atoms with E-state index in [1.807, 2.05) is 30.7 Å². The third kappa shape index (κ3) is 2.69. The van der Waals surface area contributed by atoms with Gasteiger partial charge < -0.3 is 5.11 Å². The largest absolute Gasteiger partial charge is 0.387 e. The first-order valence-electron chi connectivity index (χ1n) is 7.94. The van der Waals surface area contributed by atoms with Gasteiger partial charge in [-0.1, -0.05) is 0 Å². The fraction of sp³-hybridized carbons (Fsp3) is 0.333. The van der Waals surface area contributed by atoms with E-state index in [4.69, 9.17) is 0 Å². The first-order chi connectivity index (χ1) is 11.4. The smallest absolute Gasteiger partial charge is 0.180 e. The normalized spacial score (nSPS) is 12.5. The summed E-state index contributed by atoms with van der Waals surface area (Å²) in [6, 6.07) is 3.95. The number of aryl methyl sites for hydroxylation is 2. The minimum Gasteiger partial charge on any atom is -0.387 e. The maximum Gasteiger partial charge on any atom is 0.180 e. The summed E-state index contributed by atoms with van der Waals surface area (Å²) in [6.45, 7) is 7.89. The predicted octanol–water partition coefficient (Wildman–Crippen LogP) is 3.08. The second-order valence-electron chi connectivity index (χ2n) is 5.91. The van der Waals surface area contributed by atoms with Crippen LogP contribution in [0.3, 0.4) is 0 Å². The molecule has 0 spiro atoms. The summed E-state index contributed by atoms with van der Waals surface area (Å²) in [5, 5.41) is 14.8. The molecule has 0 saturated carbocycles. The molecule has 24 heavy (non-hydrogen) atoms. The van der Waals surface area contributed by atoms with E-state index in [1.165, 1.54) is 6.92 Å².